The van der Waals surface area contributed by atoms with Gasteiger partial charge in [0.1, 0.15) is 5.52 Å². The molecule has 3 rings (SSSR count). The molecular formula is C12H15N5S. The lowest BCUT2D eigenvalue weighted by molar-refractivity contribution is 0.638. The molecule has 0 amide bonds. The molecule has 0 aliphatic rings. The Morgan fingerprint density at radius 2 is 2.22 bits per heavy atom. The van der Waals surface area contributed by atoms with Gasteiger partial charge in [0.25, 0.3) is 0 Å². The smallest absolute Gasteiger partial charge is 0.203 e. The van der Waals surface area contributed by atoms with Crippen LogP contribution in [0.15, 0.2) is 16.8 Å². The van der Waals surface area contributed by atoms with E-state index in [0.29, 0.717) is 5.95 Å². The van der Waals surface area contributed by atoms with Crippen LogP contribution in [-0.4, -0.2) is 19.3 Å². The van der Waals surface area contributed by atoms with Gasteiger partial charge in [0, 0.05) is 7.05 Å². The van der Waals surface area contributed by atoms with Crippen molar-refractivity contribution in [3.63, 3.8) is 0 Å². The molecular weight excluding hydrogens is 246 g/mol. The van der Waals surface area contributed by atoms with Crippen molar-refractivity contribution in [3.8, 4) is 0 Å². The summed E-state index contributed by atoms with van der Waals surface area (Å²) in [7, 11) is 1.92. The minimum absolute atomic E-state index is 0.163. The molecule has 18 heavy (non-hydrogen) atoms. The zero-order valence-electron chi connectivity index (χ0n) is 10.6. The van der Waals surface area contributed by atoms with Crippen LogP contribution in [0.1, 0.15) is 24.2 Å². The van der Waals surface area contributed by atoms with Gasteiger partial charge in [0.2, 0.25) is 5.95 Å². The number of nitrogens with two attached hydrogens (primary N) is 1. The standard InChI is InChI=1S/C12H15N5S/c1-7-10-11(16(3)15-7)17(12(13)14-10)8(2)9-4-5-18-6-9/h4-6,8H,1-3H3,(H2,13,14). The molecule has 0 bridgehead atoms. The summed E-state index contributed by atoms with van der Waals surface area (Å²) in [5, 5.41) is 8.61. The van der Waals surface area contributed by atoms with Crippen molar-refractivity contribution < 1.29 is 0 Å². The number of fused-ring (bicyclic) bond motifs is 1. The van der Waals surface area contributed by atoms with Crippen molar-refractivity contribution in [1.29, 1.82) is 0 Å². The van der Waals surface area contributed by atoms with Crippen LogP contribution in [0.2, 0.25) is 0 Å². The molecule has 94 valence electrons. The third-order valence-electron chi connectivity index (χ3n) is 3.28. The molecule has 5 nitrogen and oxygen atoms in total. The van der Waals surface area contributed by atoms with E-state index in [1.54, 1.807) is 11.3 Å². The number of imidazole rings is 1. The van der Waals surface area contributed by atoms with Crippen molar-refractivity contribution in [3.05, 3.63) is 28.1 Å². The first-order valence-electron chi connectivity index (χ1n) is 5.78. The second-order valence-corrected chi connectivity index (χ2v) is 5.23. The number of aryl methyl sites for hydroxylation is 2. The molecule has 0 spiro atoms. The summed E-state index contributed by atoms with van der Waals surface area (Å²) in [6.45, 7) is 4.08. The SMILES string of the molecule is Cc1nn(C)c2c1nc(N)n2C(C)c1ccsc1. The molecule has 6 heteroatoms. The van der Waals surface area contributed by atoms with Gasteiger partial charge in [0.15, 0.2) is 5.65 Å². The van der Waals surface area contributed by atoms with Gasteiger partial charge >= 0.3 is 0 Å². The first-order chi connectivity index (χ1) is 8.59. The molecule has 3 aromatic rings. The number of anilines is 1. The van der Waals surface area contributed by atoms with E-state index >= 15 is 0 Å². The summed E-state index contributed by atoms with van der Waals surface area (Å²) in [6.07, 6.45) is 0. The lowest BCUT2D eigenvalue weighted by Gasteiger charge is -2.14. The summed E-state index contributed by atoms with van der Waals surface area (Å²) in [5.41, 5.74) is 10.1. The van der Waals surface area contributed by atoms with Gasteiger partial charge in [-0.2, -0.15) is 16.4 Å². The monoisotopic (exact) mass is 261 g/mol. The fourth-order valence-electron chi connectivity index (χ4n) is 2.36. The molecule has 0 aromatic carbocycles. The number of thiophene rings is 1. The highest BCUT2D eigenvalue weighted by Crippen LogP contribution is 2.29. The Bertz CT molecular complexity index is 692. The van der Waals surface area contributed by atoms with Gasteiger partial charge in [0.05, 0.1) is 11.7 Å². The number of hydrogen-bond acceptors (Lipinski definition) is 4. The molecule has 0 saturated carbocycles. The summed E-state index contributed by atoms with van der Waals surface area (Å²) in [4.78, 5) is 4.43. The quantitative estimate of drug-likeness (QED) is 0.770. The Labute approximate surface area is 109 Å². The number of nitrogen functional groups attached to an aromatic ring is 1. The second-order valence-electron chi connectivity index (χ2n) is 4.45. The Balaban J connectivity index is 2.25. The van der Waals surface area contributed by atoms with E-state index < -0.39 is 0 Å². The fourth-order valence-corrected chi connectivity index (χ4v) is 3.10. The lowest BCUT2D eigenvalue weighted by Crippen LogP contribution is -2.12. The van der Waals surface area contributed by atoms with Gasteiger partial charge in [-0.05, 0) is 36.2 Å². The van der Waals surface area contributed by atoms with Crippen molar-refractivity contribution in [2.75, 3.05) is 5.73 Å². The Morgan fingerprint density at radius 1 is 1.44 bits per heavy atom. The molecule has 0 radical (unpaired) electrons. The highest BCUT2D eigenvalue weighted by Gasteiger charge is 2.20. The molecule has 3 aromatic heterocycles. The molecule has 3 heterocycles. The Kier molecular flexibility index (Phi) is 2.41. The van der Waals surface area contributed by atoms with E-state index in [1.165, 1.54) is 5.56 Å². The van der Waals surface area contributed by atoms with Crippen molar-refractivity contribution in [2.24, 2.45) is 7.05 Å². The molecule has 0 saturated heterocycles. The summed E-state index contributed by atoms with van der Waals surface area (Å²) < 4.78 is 3.88. The molecule has 1 unspecified atom stereocenters. The summed E-state index contributed by atoms with van der Waals surface area (Å²) in [5.74, 6) is 0.541. The third-order valence-corrected chi connectivity index (χ3v) is 3.98. The fraction of sp³-hybridized carbons (Fsp3) is 0.333. The minimum atomic E-state index is 0.163. The van der Waals surface area contributed by atoms with Crippen LogP contribution in [-0.2, 0) is 7.05 Å². The highest BCUT2D eigenvalue weighted by molar-refractivity contribution is 7.07. The maximum absolute atomic E-state index is 6.06. The van der Waals surface area contributed by atoms with E-state index in [2.05, 4.69) is 33.8 Å². The van der Waals surface area contributed by atoms with E-state index in [-0.39, 0.29) is 6.04 Å². The van der Waals surface area contributed by atoms with Gasteiger partial charge in [-0.3, -0.25) is 9.25 Å². The van der Waals surface area contributed by atoms with E-state index in [4.69, 9.17) is 5.73 Å². The third kappa shape index (κ3) is 1.45. The zero-order chi connectivity index (χ0) is 12.9. The first-order valence-corrected chi connectivity index (χ1v) is 6.73. The van der Waals surface area contributed by atoms with Crippen molar-refractivity contribution in [1.82, 2.24) is 19.3 Å². The molecule has 0 fully saturated rings. The van der Waals surface area contributed by atoms with Crippen LogP contribution >= 0.6 is 11.3 Å². The van der Waals surface area contributed by atoms with E-state index in [1.807, 2.05) is 23.2 Å². The van der Waals surface area contributed by atoms with Gasteiger partial charge in [-0.15, -0.1) is 0 Å². The van der Waals surface area contributed by atoms with E-state index in [9.17, 15) is 0 Å². The maximum Gasteiger partial charge on any atom is 0.203 e. The first kappa shape index (κ1) is 11.3. The van der Waals surface area contributed by atoms with Gasteiger partial charge in [-0.25, -0.2) is 4.98 Å². The number of nitrogens with zero attached hydrogens (tertiary/aromatic N) is 4. The van der Waals surface area contributed by atoms with Gasteiger partial charge < -0.3 is 5.73 Å². The zero-order valence-corrected chi connectivity index (χ0v) is 11.4. The highest BCUT2D eigenvalue weighted by atomic mass is 32.1. The summed E-state index contributed by atoms with van der Waals surface area (Å²) >= 11 is 1.69. The van der Waals surface area contributed by atoms with Crippen LogP contribution in [0.5, 0.6) is 0 Å². The average molecular weight is 261 g/mol. The lowest BCUT2D eigenvalue weighted by atomic mass is 10.2. The number of rotatable bonds is 2. The molecule has 0 aliphatic heterocycles. The number of hydrogen-bond donors (Lipinski definition) is 1. The second kappa shape index (κ2) is 3.84. The number of aromatic nitrogens is 4. The van der Waals surface area contributed by atoms with Crippen LogP contribution in [0.3, 0.4) is 0 Å². The topological polar surface area (TPSA) is 61.7 Å². The van der Waals surface area contributed by atoms with Crippen LogP contribution in [0.4, 0.5) is 5.95 Å². The Morgan fingerprint density at radius 3 is 2.89 bits per heavy atom. The van der Waals surface area contributed by atoms with Crippen LogP contribution < -0.4 is 5.73 Å². The normalized spacial score (nSPS) is 13.3. The van der Waals surface area contributed by atoms with E-state index in [0.717, 1.165) is 16.9 Å². The van der Waals surface area contributed by atoms with Crippen LogP contribution in [0, 0.1) is 6.92 Å². The van der Waals surface area contributed by atoms with Crippen molar-refractivity contribution in [2.45, 2.75) is 19.9 Å². The summed E-state index contributed by atoms with van der Waals surface area (Å²) in [6, 6.07) is 2.28. The molecule has 2 N–H and O–H groups in total. The van der Waals surface area contributed by atoms with Crippen LogP contribution in [0.25, 0.3) is 11.2 Å². The maximum atomic E-state index is 6.06. The Hall–Kier alpha value is -1.82. The average Bonchev–Trinajstić information content (AvgIpc) is 2.98. The molecule has 1 atom stereocenters. The van der Waals surface area contributed by atoms with Gasteiger partial charge in [-0.1, -0.05) is 0 Å². The minimum Gasteiger partial charge on any atom is -0.369 e. The largest absolute Gasteiger partial charge is 0.369 e. The van der Waals surface area contributed by atoms with Crippen molar-refractivity contribution >= 4 is 28.4 Å². The predicted molar refractivity (Wildman–Crippen MR) is 73.8 cm³/mol. The molecule has 0 aliphatic carbocycles. The predicted octanol–water partition coefficient (Wildman–Crippen LogP) is 2.33.